The minimum atomic E-state index is -4.81. The largest absolute Gasteiger partial charge is 0.573 e. The number of hydrogen-bond donors (Lipinski definition) is 1. The summed E-state index contributed by atoms with van der Waals surface area (Å²) in [4.78, 5) is 11.6. The molecule has 0 bridgehead atoms. The third-order valence-corrected chi connectivity index (χ3v) is 4.05. The van der Waals surface area contributed by atoms with Crippen molar-refractivity contribution in [1.82, 2.24) is 19.4 Å². The van der Waals surface area contributed by atoms with Gasteiger partial charge >= 0.3 is 12.5 Å². The van der Waals surface area contributed by atoms with E-state index >= 15 is 0 Å². The van der Waals surface area contributed by atoms with Crippen LogP contribution in [0.3, 0.4) is 0 Å². The van der Waals surface area contributed by atoms with E-state index in [1.54, 1.807) is 0 Å². The van der Waals surface area contributed by atoms with Gasteiger partial charge in [0.1, 0.15) is 17.3 Å². The maximum atomic E-state index is 13.5. The second-order valence-electron chi connectivity index (χ2n) is 6.22. The molecule has 0 saturated heterocycles. The summed E-state index contributed by atoms with van der Waals surface area (Å²) in [5, 5.41) is 2.83. The van der Waals surface area contributed by atoms with Crippen molar-refractivity contribution in [2.24, 2.45) is 0 Å². The van der Waals surface area contributed by atoms with Crippen LogP contribution in [0.2, 0.25) is 0 Å². The maximum absolute atomic E-state index is 13.5. The highest BCUT2D eigenvalue weighted by Gasteiger charge is 2.38. The smallest absolute Gasteiger partial charge is 0.406 e. The number of aromatic nitrogens is 4. The van der Waals surface area contributed by atoms with E-state index < -0.39 is 24.0 Å². The quantitative estimate of drug-likeness (QED) is 0.429. The topological polar surface area (TPSA) is 64.3 Å². The third kappa shape index (κ3) is 4.52. The van der Waals surface area contributed by atoms with Crippen molar-refractivity contribution >= 4 is 17.2 Å². The van der Waals surface area contributed by atoms with Crippen LogP contribution in [0.4, 0.5) is 37.8 Å². The summed E-state index contributed by atoms with van der Waals surface area (Å²) in [7, 11) is 0. The summed E-state index contributed by atoms with van der Waals surface area (Å²) in [5.41, 5.74) is -1.02. The molecule has 12 heteroatoms. The first-order valence-electron chi connectivity index (χ1n) is 8.60. The Bertz CT molecular complexity index is 1220. The van der Waals surface area contributed by atoms with Crippen LogP contribution >= 0.6 is 0 Å². The number of ether oxygens (including phenoxy) is 1. The van der Waals surface area contributed by atoms with Gasteiger partial charge in [0.05, 0.1) is 11.9 Å². The van der Waals surface area contributed by atoms with Crippen LogP contribution in [0, 0.1) is 0 Å². The fourth-order valence-electron chi connectivity index (χ4n) is 2.87. The monoisotopic (exact) mass is 439 g/mol. The Balaban J connectivity index is 1.67. The average molecular weight is 439 g/mol. The van der Waals surface area contributed by atoms with Gasteiger partial charge in [0.15, 0.2) is 11.3 Å². The van der Waals surface area contributed by atoms with Gasteiger partial charge in [0, 0.05) is 18.1 Å². The van der Waals surface area contributed by atoms with Gasteiger partial charge in [0.25, 0.3) is 0 Å². The van der Waals surface area contributed by atoms with Crippen LogP contribution in [0.15, 0.2) is 61.1 Å². The number of nitrogens with one attached hydrogen (secondary N) is 1. The molecule has 0 aliphatic heterocycles. The second-order valence-corrected chi connectivity index (χ2v) is 6.22. The van der Waals surface area contributed by atoms with Crippen molar-refractivity contribution in [1.29, 1.82) is 0 Å². The maximum Gasteiger partial charge on any atom is 0.573 e. The fourth-order valence-corrected chi connectivity index (χ4v) is 2.87. The molecule has 0 saturated carbocycles. The van der Waals surface area contributed by atoms with Gasteiger partial charge in [-0.1, -0.05) is 6.07 Å². The van der Waals surface area contributed by atoms with Crippen molar-refractivity contribution in [3.63, 3.8) is 0 Å². The zero-order chi connectivity index (χ0) is 22.2. The van der Waals surface area contributed by atoms with Crippen LogP contribution < -0.4 is 10.1 Å². The van der Waals surface area contributed by atoms with E-state index in [0.29, 0.717) is 5.69 Å². The number of rotatable bonds is 4. The summed E-state index contributed by atoms with van der Waals surface area (Å²) in [6, 6.07) is 9.21. The number of benzene rings is 1. The number of alkyl halides is 6. The predicted molar refractivity (Wildman–Crippen MR) is 97.6 cm³/mol. The summed E-state index contributed by atoms with van der Waals surface area (Å²) in [6.45, 7) is 0. The minimum Gasteiger partial charge on any atom is -0.406 e. The van der Waals surface area contributed by atoms with Crippen LogP contribution in [0.1, 0.15) is 5.69 Å². The molecule has 0 unspecified atom stereocenters. The highest BCUT2D eigenvalue weighted by molar-refractivity contribution is 5.67. The summed E-state index contributed by atoms with van der Waals surface area (Å²) < 4.78 is 82.4. The lowest BCUT2D eigenvalue weighted by atomic mass is 10.2. The standard InChI is InChI=1S/C19H11F6N5O/c20-18(21,22)17-16(30-9-8-26-10-15(30)29-17)13-2-1-3-14(28-13)27-11-4-6-12(7-5-11)31-19(23,24)25/h1-10H,(H,27,28). The van der Waals surface area contributed by atoms with Gasteiger partial charge in [-0.2, -0.15) is 13.2 Å². The van der Waals surface area contributed by atoms with Crippen molar-refractivity contribution in [2.45, 2.75) is 12.5 Å². The lowest BCUT2D eigenvalue weighted by Gasteiger charge is -2.11. The van der Waals surface area contributed by atoms with Crippen molar-refractivity contribution in [3.8, 4) is 17.1 Å². The van der Waals surface area contributed by atoms with E-state index in [4.69, 9.17) is 0 Å². The van der Waals surface area contributed by atoms with E-state index in [-0.39, 0.29) is 22.9 Å². The van der Waals surface area contributed by atoms with Gasteiger partial charge in [-0.25, -0.2) is 9.97 Å². The predicted octanol–water partition coefficient (Wildman–Crippen LogP) is 5.45. The molecule has 0 fully saturated rings. The van der Waals surface area contributed by atoms with Crippen molar-refractivity contribution in [3.05, 3.63) is 66.7 Å². The zero-order valence-electron chi connectivity index (χ0n) is 15.2. The molecular weight excluding hydrogens is 428 g/mol. The molecule has 0 aliphatic carbocycles. The molecule has 0 aliphatic rings. The number of anilines is 2. The first-order chi connectivity index (χ1) is 14.6. The Morgan fingerprint density at radius 1 is 0.903 bits per heavy atom. The Kier molecular flexibility index (Phi) is 4.91. The van der Waals surface area contributed by atoms with Gasteiger partial charge in [0.2, 0.25) is 0 Å². The molecule has 0 amide bonds. The van der Waals surface area contributed by atoms with E-state index in [2.05, 4.69) is 25.0 Å². The van der Waals surface area contributed by atoms with Crippen LogP contribution in [-0.4, -0.2) is 25.7 Å². The minimum absolute atomic E-state index is 0.00485. The number of halogens is 6. The molecular formula is C19H11F6N5O. The molecule has 0 radical (unpaired) electrons. The van der Waals surface area contributed by atoms with Crippen LogP contribution in [0.25, 0.3) is 17.0 Å². The summed E-state index contributed by atoms with van der Waals surface area (Å²) in [5.74, 6) is -0.229. The van der Waals surface area contributed by atoms with Crippen LogP contribution in [0.5, 0.6) is 5.75 Å². The molecule has 0 atom stereocenters. The van der Waals surface area contributed by atoms with Crippen molar-refractivity contribution < 1.29 is 31.1 Å². The number of pyridine rings is 1. The lowest BCUT2D eigenvalue weighted by Crippen LogP contribution is -2.16. The zero-order valence-corrected chi connectivity index (χ0v) is 15.2. The van der Waals surface area contributed by atoms with E-state index in [1.165, 1.54) is 53.3 Å². The number of hydrogen-bond acceptors (Lipinski definition) is 5. The summed E-state index contributed by atoms with van der Waals surface area (Å²) in [6.07, 6.45) is -5.67. The highest BCUT2D eigenvalue weighted by atomic mass is 19.4. The third-order valence-electron chi connectivity index (χ3n) is 4.05. The molecule has 0 spiro atoms. The SMILES string of the molecule is FC(F)(F)Oc1ccc(Nc2cccc(-c3c(C(F)(F)F)nc4cnccn34)n2)cc1. The van der Waals surface area contributed by atoms with Gasteiger partial charge in [-0.3, -0.25) is 9.38 Å². The molecule has 4 aromatic rings. The first-order valence-corrected chi connectivity index (χ1v) is 8.60. The molecule has 1 aromatic carbocycles. The van der Waals surface area contributed by atoms with E-state index in [9.17, 15) is 26.3 Å². The Morgan fingerprint density at radius 2 is 1.65 bits per heavy atom. The highest BCUT2D eigenvalue weighted by Crippen LogP contribution is 2.37. The average Bonchev–Trinajstić information content (AvgIpc) is 3.09. The van der Waals surface area contributed by atoms with Crippen LogP contribution in [-0.2, 0) is 6.18 Å². The molecule has 3 aromatic heterocycles. The molecule has 6 nitrogen and oxygen atoms in total. The van der Waals surface area contributed by atoms with E-state index in [0.717, 1.165) is 12.1 Å². The molecule has 4 rings (SSSR count). The van der Waals surface area contributed by atoms with Crippen molar-refractivity contribution in [2.75, 3.05) is 5.32 Å². The van der Waals surface area contributed by atoms with Gasteiger partial charge in [-0.15, -0.1) is 13.2 Å². The Morgan fingerprint density at radius 3 is 2.32 bits per heavy atom. The Labute approximate surface area is 170 Å². The van der Waals surface area contributed by atoms with Gasteiger partial charge in [-0.05, 0) is 36.4 Å². The Hall–Kier alpha value is -3.83. The number of nitrogens with zero attached hydrogens (tertiary/aromatic N) is 4. The fraction of sp³-hybridized carbons (Fsp3) is 0.105. The van der Waals surface area contributed by atoms with E-state index in [1.807, 2.05) is 0 Å². The number of imidazole rings is 1. The van der Waals surface area contributed by atoms with Gasteiger partial charge < -0.3 is 10.1 Å². The lowest BCUT2D eigenvalue weighted by molar-refractivity contribution is -0.274. The molecule has 31 heavy (non-hydrogen) atoms. The molecule has 160 valence electrons. The summed E-state index contributed by atoms with van der Waals surface area (Å²) >= 11 is 0. The first kappa shape index (κ1) is 20.4. The normalized spacial score (nSPS) is 12.2. The molecule has 3 heterocycles. The molecule has 1 N–H and O–H groups in total. The second kappa shape index (κ2) is 7.45. The number of fused-ring (bicyclic) bond motifs is 1.